The number of rotatable bonds is 6. The van der Waals surface area contributed by atoms with Crippen LogP contribution in [0.2, 0.25) is 0 Å². The van der Waals surface area contributed by atoms with Gasteiger partial charge in [-0.3, -0.25) is 14.9 Å². The summed E-state index contributed by atoms with van der Waals surface area (Å²) in [6.45, 7) is 2.14. The molecule has 0 saturated carbocycles. The standard InChI is InChI=1S/C31H29N5O/c37-31(33-26-11-7-10-23(17-26)16-22-8-3-1-4-9-22)30-28-19-24(12-13-29(28)34-35-30)25-18-27(21-32-20-25)36-14-5-2-6-15-36/h1,3-4,7-13,17-21H,2,5-6,14-16H2,(H,33,37)(H,34,35). The lowest BCUT2D eigenvalue weighted by Gasteiger charge is -2.28. The van der Waals surface area contributed by atoms with Crippen LogP contribution in [0, 0.1) is 0 Å². The lowest BCUT2D eigenvalue weighted by molar-refractivity contribution is 0.102. The number of hydrogen-bond acceptors (Lipinski definition) is 4. The third kappa shape index (κ3) is 5.09. The van der Waals surface area contributed by atoms with Crippen LogP contribution in [0.1, 0.15) is 40.9 Å². The van der Waals surface area contributed by atoms with Crippen molar-refractivity contribution in [1.82, 2.24) is 15.2 Å². The van der Waals surface area contributed by atoms with E-state index in [1.54, 1.807) is 0 Å². The van der Waals surface area contributed by atoms with Gasteiger partial charge in [-0.15, -0.1) is 0 Å². The molecule has 0 atom stereocenters. The lowest BCUT2D eigenvalue weighted by atomic mass is 10.0. The predicted octanol–water partition coefficient (Wildman–Crippen LogP) is 6.46. The van der Waals surface area contributed by atoms with Gasteiger partial charge in [-0.1, -0.05) is 48.5 Å². The van der Waals surface area contributed by atoms with Crippen LogP contribution in [-0.4, -0.2) is 34.2 Å². The Labute approximate surface area is 216 Å². The van der Waals surface area contributed by atoms with Gasteiger partial charge in [0, 0.05) is 35.9 Å². The molecular formula is C31H29N5O. The number of benzene rings is 3. The van der Waals surface area contributed by atoms with E-state index >= 15 is 0 Å². The predicted molar refractivity (Wildman–Crippen MR) is 149 cm³/mol. The van der Waals surface area contributed by atoms with Gasteiger partial charge in [0.05, 0.1) is 17.4 Å². The molecule has 0 radical (unpaired) electrons. The molecule has 37 heavy (non-hydrogen) atoms. The highest BCUT2D eigenvalue weighted by molar-refractivity contribution is 6.11. The molecule has 0 unspecified atom stereocenters. The van der Waals surface area contributed by atoms with E-state index in [-0.39, 0.29) is 5.91 Å². The zero-order valence-electron chi connectivity index (χ0n) is 20.7. The van der Waals surface area contributed by atoms with E-state index in [0.29, 0.717) is 5.69 Å². The summed E-state index contributed by atoms with van der Waals surface area (Å²) in [5.74, 6) is -0.236. The van der Waals surface area contributed by atoms with Crippen LogP contribution in [0.4, 0.5) is 11.4 Å². The van der Waals surface area contributed by atoms with Gasteiger partial charge in [0.1, 0.15) is 0 Å². The number of pyridine rings is 1. The first-order valence-corrected chi connectivity index (χ1v) is 12.9. The molecule has 6 heteroatoms. The lowest BCUT2D eigenvalue weighted by Crippen LogP contribution is -2.29. The fourth-order valence-corrected chi connectivity index (χ4v) is 5.06. The summed E-state index contributed by atoms with van der Waals surface area (Å²) >= 11 is 0. The first kappa shape index (κ1) is 23.0. The summed E-state index contributed by atoms with van der Waals surface area (Å²) in [5, 5.41) is 11.2. The Morgan fingerprint density at radius 3 is 2.54 bits per heavy atom. The van der Waals surface area contributed by atoms with Crippen molar-refractivity contribution < 1.29 is 4.79 Å². The quantitative estimate of drug-likeness (QED) is 0.288. The van der Waals surface area contributed by atoms with Crippen molar-refractivity contribution in [2.24, 2.45) is 0 Å². The molecular weight excluding hydrogens is 458 g/mol. The van der Waals surface area contributed by atoms with Crippen LogP contribution in [0.15, 0.2) is 91.3 Å². The van der Waals surface area contributed by atoms with Crippen LogP contribution < -0.4 is 10.2 Å². The average molecular weight is 488 g/mol. The molecule has 1 amide bonds. The Balaban J connectivity index is 1.24. The van der Waals surface area contributed by atoms with Crippen molar-refractivity contribution in [2.75, 3.05) is 23.3 Å². The van der Waals surface area contributed by atoms with Crippen LogP contribution in [0.5, 0.6) is 0 Å². The second-order valence-electron chi connectivity index (χ2n) is 9.63. The maximum atomic E-state index is 13.3. The molecule has 0 aliphatic carbocycles. The molecule has 3 aromatic carbocycles. The van der Waals surface area contributed by atoms with Crippen LogP contribution in [0.3, 0.4) is 0 Å². The molecule has 2 N–H and O–H groups in total. The normalized spacial score (nSPS) is 13.6. The topological polar surface area (TPSA) is 73.9 Å². The zero-order valence-corrected chi connectivity index (χ0v) is 20.7. The van der Waals surface area contributed by atoms with E-state index in [1.807, 2.05) is 67.0 Å². The molecule has 0 bridgehead atoms. The first-order valence-electron chi connectivity index (χ1n) is 12.9. The Bertz CT molecular complexity index is 1540. The molecule has 6 nitrogen and oxygen atoms in total. The molecule has 1 saturated heterocycles. The Kier molecular flexibility index (Phi) is 6.38. The highest BCUT2D eigenvalue weighted by Gasteiger charge is 2.17. The van der Waals surface area contributed by atoms with E-state index in [2.05, 4.69) is 49.7 Å². The maximum Gasteiger partial charge on any atom is 0.276 e. The molecule has 184 valence electrons. The smallest absolute Gasteiger partial charge is 0.276 e. The van der Waals surface area contributed by atoms with E-state index in [0.717, 1.165) is 58.5 Å². The van der Waals surface area contributed by atoms with Crippen molar-refractivity contribution in [2.45, 2.75) is 25.7 Å². The number of anilines is 2. The number of piperidine rings is 1. The third-order valence-electron chi connectivity index (χ3n) is 6.99. The number of aromatic amines is 1. The maximum absolute atomic E-state index is 13.3. The van der Waals surface area contributed by atoms with Gasteiger partial charge in [0.15, 0.2) is 5.69 Å². The highest BCUT2D eigenvalue weighted by Crippen LogP contribution is 2.29. The summed E-state index contributed by atoms with van der Waals surface area (Å²) in [7, 11) is 0. The number of H-pyrrole nitrogens is 1. The molecule has 1 fully saturated rings. The minimum atomic E-state index is -0.236. The number of nitrogens with one attached hydrogen (secondary N) is 2. The van der Waals surface area contributed by atoms with Crippen molar-refractivity contribution in [1.29, 1.82) is 0 Å². The first-order chi connectivity index (χ1) is 18.2. The molecule has 0 spiro atoms. The third-order valence-corrected chi connectivity index (χ3v) is 6.99. The van der Waals surface area contributed by atoms with Crippen molar-refractivity contribution in [3.8, 4) is 11.1 Å². The second kappa shape index (κ2) is 10.3. The monoisotopic (exact) mass is 487 g/mol. The number of amides is 1. The number of carbonyl (C=O) groups excluding carboxylic acids is 1. The van der Waals surface area contributed by atoms with Crippen LogP contribution in [-0.2, 0) is 6.42 Å². The largest absolute Gasteiger partial charge is 0.370 e. The average Bonchev–Trinajstić information content (AvgIpc) is 3.38. The van der Waals surface area contributed by atoms with Gasteiger partial charge >= 0.3 is 0 Å². The SMILES string of the molecule is O=C(Nc1cccc(Cc2ccccc2)c1)c1n[nH]c2ccc(-c3cncc(N4CCCCC4)c3)cc12. The highest BCUT2D eigenvalue weighted by atomic mass is 16.1. The van der Waals surface area contributed by atoms with Gasteiger partial charge in [-0.2, -0.15) is 5.10 Å². The van der Waals surface area contributed by atoms with E-state index < -0.39 is 0 Å². The van der Waals surface area contributed by atoms with E-state index in [4.69, 9.17) is 0 Å². The van der Waals surface area contributed by atoms with Crippen LogP contribution in [0.25, 0.3) is 22.0 Å². The van der Waals surface area contributed by atoms with E-state index in [1.165, 1.54) is 24.8 Å². The van der Waals surface area contributed by atoms with Crippen molar-refractivity contribution >= 4 is 28.2 Å². The van der Waals surface area contributed by atoms with Gasteiger partial charge in [0.25, 0.3) is 5.91 Å². The summed E-state index contributed by atoms with van der Waals surface area (Å²) in [6, 6.07) is 26.5. The number of carbonyl (C=O) groups is 1. The second-order valence-corrected chi connectivity index (χ2v) is 9.63. The van der Waals surface area contributed by atoms with Gasteiger partial charge in [-0.05, 0) is 72.7 Å². The summed E-state index contributed by atoms with van der Waals surface area (Å²) in [4.78, 5) is 20.2. The summed E-state index contributed by atoms with van der Waals surface area (Å²) in [6.07, 6.45) is 8.37. The van der Waals surface area contributed by atoms with Crippen LogP contribution >= 0.6 is 0 Å². The van der Waals surface area contributed by atoms with Gasteiger partial charge in [0.2, 0.25) is 0 Å². The number of nitrogens with zero attached hydrogens (tertiary/aromatic N) is 3. The Morgan fingerprint density at radius 2 is 1.68 bits per heavy atom. The number of hydrogen-bond donors (Lipinski definition) is 2. The fourth-order valence-electron chi connectivity index (χ4n) is 5.06. The minimum absolute atomic E-state index is 0.236. The van der Waals surface area contributed by atoms with Gasteiger partial charge in [-0.25, -0.2) is 0 Å². The Hall–Kier alpha value is -4.45. The summed E-state index contributed by atoms with van der Waals surface area (Å²) < 4.78 is 0. The number of aromatic nitrogens is 3. The van der Waals surface area contributed by atoms with Crippen molar-refractivity contribution in [3.05, 3.63) is 108 Å². The van der Waals surface area contributed by atoms with Gasteiger partial charge < -0.3 is 10.2 Å². The van der Waals surface area contributed by atoms with E-state index in [9.17, 15) is 4.79 Å². The molecule has 6 rings (SSSR count). The molecule has 1 aliphatic rings. The molecule has 2 aromatic heterocycles. The fraction of sp³-hybridized carbons (Fsp3) is 0.194. The molecule has 1 aliphatic heterocycles. The molecule has 3 heterocycles. The number of fused-ring (bicyclic) bond motifs is 1. The Morgan fingerprint density at radius 1 is 0.838 bits per heavy atom. The summed E-state index contributed by atoms with van der Waals surface area (Å²) in [5.41, 5.74) is 7.53. The zero-order chi connectivity index (χ0) is 25.0. The van der Waals surface area contributed by atoms with Crippen molar-refractivity contribution in [3.63, 3.8) is 0 Å². The minimum Gasteiger partial charge on any atom is -0.370 e. The molecule has 5 aromatic rings.